The Hall–Kier alpha value is -3.33. The summed E-state index contributed by atoms with van der Waals surface area (Å²) in [6, 6.07) is 6.77. The van der Waals surface area contributed by atoms with Crippen molar-refractivity contribution in [2.45, 2.75) is 13.0 Å². The van der Waals surface area contributed by atoms with Gasteiger partial charge in [-0.1, -0.05) is 6.07 Å². The van der Waals surface area contributed by atoms with E-state index in [0.29, 0.717) is 23.0 Å². The molecule has 1 N–H and O–H groups in total. The fourth-order valence-corrected chi connectivity index (χ4v) is 2.88. The number of hydrogen-bond acceptors (Lipinski definition) is 6. The number of pyridine rings is 1. The van der Waals surface area contributed by atoms with Crippen molar-refractivity contribution in [1.29, 1.82) is 0 Å². The van der Waals surface area contributed by atoms with E-state index < -0.39 is 17.7 Å². The van der Waals surface area contributed by atoms with Gasteiger partial charge in [-0.25, -0.2) is 24.2 Å². The number of aromatic nitrogens is 3. The van der Waals surface area contributed by atoms with E-state index in [1.54, 1.807) is 12.4 Å². The Morgan fingerprint density at radius 3 is 2.79 bits per heavy atom. The minimum absolute atomic E-state index is 0.179. The number of benzene rings is 1. The Morgan fingerprint density at radius 1 is 1.21 bits per heavy atom. The van der Waals surface area contributed by atoms with E-state index >= 15 is 0 Å². The van der Waals surface area contributed by atoms with Crippen molar-refractivity contribution in [1.82, 2.24) is 20.0 Å². The van der Waals surface area contributed by atoms with Gasteiger partial charge >= 0.3 is 0 Å². The van der Waals surface area contributed by atoms with Crippen LogP contribution < -0.4 is 10.2 Å². The van der Waals surface area contributed by atoms with Crippen molar-refractivity contribution in [3.05, 3.63) is 71.4 Å². The zero-order chi connectivity index (χ0) is 19.7. The zero-order valence-electron chi connectivity index (χ0n) is 15.2. The highest BCUT2D eigenvalue weighted by molar-refractivity contribution is 5.97. The van der Waals surface area contributed by atoms with Gasteiger partial charge in [0, 0.05) is 6.20 Å². The molecule has 1 aliphatic rings. The monoisotopic (exact) mass is 385 g/mol. The van der Waals surface area contributed by atoms with Gasteiger partial charge in [-0.15, -0.1) is 0 Å². The molecule has 144 valence electrons. The largest absolute Gasteiger partial charge is 0.479 e. The summed E-state index contributed by atoms with van der Waals surface area (Å²) in [7, 11) is 1.52. The van der Waals surface area contributed by atoms with Gasteiger partial charge in [-0.3, -0.25) is 9.83 Å². The average molecular weight is 385 g/mol. The Morgan fingerprint density at radius 2 is 2.07 bits per heavy atom. The molecule has 0 radical (unpaired) electrons. The van der Waals surface area contributed by atoms with Crippen LogP contribution in [0.3, 0.4) is 0 Å². The maximum Gasteiger partial charge on any atom is 0.238 e. The number of nitrogens with one attached hydrogen (secondary N) is 1. The van der Waals surface area contributed by atoms with E-state index in [9.17, 15) is 8.78 Å². The first-order chi connectivity index (χ1) is 13.5. The number of imidazole rings is 1. The summed E-state index contributed by atoms with van der Waals surface area (Å²) >= 11 is 0. The van der Waals surface area contributed by atoms with Crippen LogP contribution in [0, 0.1) is 18.6 Å². The van der Waals surface area contributed by atoms with Crippen molar-refractivity contribution in [3.63, 3.8) is 0 Å². The molecule has 0 saturated heterocycles. The summed E-state index contributed by atoms with van der Waals surface area (Å²) in [6.45, 7) is 2.07. The lowest BCUT2D eigenvalue weighted by Gasteiger charge is -2.22. The lowest BCUT2D eigenvalue weighted by Crippen LogP contribution is -2.33. The summed E-state index contributed by atoms with van der Waals surface area (Å²) in [5.41, 5.74) is 5.31. The molecule has 3 heterocycles. The normalized spacial score (nSPS) is 16.4. The third-order valence-corrected chi connectivity index (χ3v) is 4.29. The highest BCUT2D eigenvalue weighted by Crippen LogP contribution is 2.25. The Kier molecular flexibility index (Phi) is 4.74. The Labute approximate surface area is 159 Å². The Bertz CT molecular complexity index is 1050. The topological polar surface area (TPSA) is 73.6 Å². The number of aryl methyl sites for hydroxylation is 1. The third-order valence-electron chi connectivity index (χ3n) is 4.29. The number of hydroxylamine groups is 1. The SMILES string of the molecule is COc1nc(C2=NC(c3ccc(F)c(F)c3)CON2)ccc1-n1cnc(C)c1. The van der Waals surface area contributed by atoms with E-state index in [4.69, 9.17) is 9.57 Å². The predicted molar refractivity (Wildman–Crippen MR) is 97.4 cm³/mol. The molecule has 28 heavy (non-hydrogen) atoms. The van der Waals surface area contributed by atoms with Crippen LogP contribution in [-0.4, -0.2) is 34.1 Å². The van der Waals surface area contributed by atoms with E-state index in [2.05, 4.69) is 20.4 Å². The maximum atomic E-state index is 13.5. The van der Waals surface area contributed by atoms with Crippen LogP contribution in [0.4, 0.5) is 8.78 Å². The minimum atomic E-state index is -0.924. The van der Waals surface area contributed by atoms with Crippen molar-refractivity contribution < 1.29 is 18.4 Å². The number of amidine groups is 1. The number of halogens is 2. The second kappa shape index (κ2) is 7.35. The number of aliphatic imine (C=N–C) groups is 1. The minimum Gasteiger partial charge on any atom is -0.479 e. The molecule has 0 bridgehead atoms. The van der Waals surface area contributed by atoms with Crippen LogP contribution in [-0.2, 0) is 4.84 Å². The molecule has 1 atom stereocenters. The van der Waals surface area contributed by atoms with Crippen LogP contribution in [0.25, 0.3) is 5.69 Å². The molecular weight excluding hydrogens is 368 g/mol. The lowest BCUT2D eigenvalue weighted by atomic mass is 10.1. The second-order valence-corrected chi connectivity index (χ2v) is 6.23. The van der Waals surface area contributed by atoms with Crippen molar-refractivity contribution in [2.24, 2.45) is 4.99 Å². The molecule has 4 rings (SSSR count). The summed E-state index contributed by atoms with van der Waals surface area (Å²) in [5, 5.41) is 0. The van der Waals surface area contributed by atoms with Crippen LogP contribution in [0.1, 0.15) is 23.0 Å². The number of methoxy groups -OCH3 is 1. The van der Waals surface area contributed by atoms with Gasteiger partial charge in [0.25, 0.3) is 0 Å². The first kappa shape index (κ1) is 18.1. The smallest absolute Gasteiger partial charge is 0.238 e. The zero-order valence-corrected chi connectivity index (χ0v) is 15.2. The third kappa shape index (κ3) is 3.44. The van der Waals surface area contributed by atoms with Gasteiger partial charge in [0.05, 0.1) is 19.1 Å². The van der Waals surface area contributed by atoms with Crippen molar-refractivity contribution >= 4 is 5.84 Å². The number of rotatable bonds is 4. The number of nitrogens with zero attached hydrogens (tertiary/aromatic N) is 4. The fraction of sp³-hybridized carbons (Fsp3) is 0.211. The first-order valence-corrected chi connectivity index (χ1v) is 8.52. The molecule has 0 fully saturated rings. The molecule has 1 aromatic carbocycles. The maximum absolute atomic E-state index is 13.5. The van der Waals surface area contributed by atoms with Gasteiger partial charge in [0.1, 0.15) is 24.0 Å². The molecule has 0 aliphatic carbocycles. The summed E-state index contributed by atoms with van der Waals surface area (Å²) in [5.74, 6) is -1.07. The van der Waals surface area contributed by atoms with Crippen LogP contribution in [0.2, 0.25) is 0 Å². The number of ether oxygens (including phenoxy) is 1. The molecule has 2 aromatic heterocycles. The van der Waals surface area contributed by atoms with E-state index in [-0.39, 0.29) is 6.61 Å². The molecule has 0 spiro atoms. The van der Waals surface area contributed by atoms with Gasteiger partial charge in [-0.05, 0) is 36.8 Å². The average Bonchev–Trinajstić information content (AvgIpc) is 3.15. The summed E-state index contributed by atoms with van der Waals surface area (Å²) in [6.07, 6.45) is 3.53. The van der Waals surface area contributed by atoms with E-state index in [1.807, 2.05) is 23.8 Å². The first-order valence-electron chi connectivity index (χ1n) is 8.52. The molecule has 3 aromatic rings. The van der Waals surface area contributed by atoms with Gasteiger partial charge in [0.2, 0.25) is 5.88 Å². The van der Waals surface area contributed by atoms with Gasteiger partial charge in [0.15, 0.2) is 17.5 Å². The van der Waals surface area contributed by atoms with Gasteiger partial charge in [-0.2, -0.15) is 0 Å². The van der Waals surface area contributed by atoms with Crippen molar-refractivity contribution in [2.75, 3.05) is 13.7 Å². The predicted octanol–water partition coefficient (Wildman–Crippen LogP) is 2.89. The molecule has 1 unspecified atom stereocenters. The molecule has 1 aliphatic heterocycles. The van der Waals surface area contributed by atoms with E-state index in [1.165, 1.54) is 13.2 Å². The molecule has 7 nitrogen and oxygen atoms in total. The summed E-state index contributed by atoms with van der Waals surface area (Å²) in [4.78, 5) is 18.6. The Balaban J connectivity index is 1.67. The van der Waals surface area contributed by atoms with Crippen LogP contribution >= 0.6 is 0 Å². The molecule has 0 amide bonds. The van der Waals surface area contributed by atoms with Crippen molar-refractivity contribution in [3.8, 4) is 11.6 Å². The number of hydrogen-bond donors (Lipinski definition) is 1. The van der Waals surface area contributed by atoms with Crippen LogP contribution in [0.5, 0.6) is 5.88 Å². The van der Waals surface area contributed by atoms with E-state index in [0.717, 1.165) is 23.5 Å². The summed E-state index contributed by atoms with van der Waals surface area (Å²) < 4.78 is 33.9. The second-order valence-electron chi connectivity index (χ2n) is 6.23. The molecule has 9 heteroatoms. The highest BCUT2D eigenvalue weighted by atomic mass is 19.2. The molecule has 0 saturated carbocycles. The standard InChI is InChI=1S/C19H17F2N5O2/c1-11-8-26(10-22-11)17-6-5-15(24-19(17)27-2)18-23-16(9-28-25-18)12-3-4-13(20)14(21)7-12/h3-8,10,16H,9H2,1-2H3,(H,23,25). The van der Waals surface area contributed by atoms with Crippen LogP contribution in [0.15, 0.2) is 47.8 Å². The molecular formula is C19H17F2N5O2. The lowest BCUT2D eigenvalue weighted by molar-refractivity contribution is 0.0620. The fourth-order valence-electron chi connectivity index (χ4n) is 2.88. The highest BCUT2D eigenvalue weighted by Gasteiger charge is 2.21. The van der Waals surface area contributed by atoms with Gasteiger partial charge < -0.3 is 9.30 Å². The quantitative estimate of drug-likeness (QED) is 0.748.